The average Bonchev–Trinajstić information content (AvgIpc) is 2.05. The molecule has 0 heterocycles. The third-order valence-electron chi connectivity index (χ3n) is 2.91. The Bertz CT molecular complexity index is 159. The fraction of sp³-hybridized carbons (Fsp3) is 0.833. The van der Waals surface area contributed by atoms with Gasteiger partial charge in [-0.2, -0.15) is 0 Å². The lowest BCUT2D eigenvalue weighted by Crippen LogP contribution is -2.24. The summed E-state index contributed by atoms with van der Waals surface area (Å²) in [6.07, 6.45) is 3.64. The van der Waals surface area contributed by atoms with Crippen molar-refractivity contribution in [3.63, 3.8) is 0 Å². The first-order valence-electron chi connectivity index (χ1n) is 5.28. The van der Waals surface area contributed by atoms with Crippen molar-refractivity contribution in [1.82, 2.24) is 0 Å². The van der Waals surface area contributed by atoms with E-state index in [-0.39, 0.29) is 0 Å². The highest BCUT2D eigenvalue weighted by molar-refractivity contribution is 4.95. The Kier molecular flexibility index (Phi) is 5.31. The second kappa shape index (κ2) is 5.43. The van der Waals surface area contributed by atoms with Gasteiger partial charge in [-0.3, -0.25) is 0 Å². The van der Waals surface area contributed by atoms with E-state index < -0.39 is 0 Å². The molecule has 0 saturated heterocycles. The van der Waals surface area contributed by atoms with Crippen molar-refractivity contribution in [2.45, 2.75) is 47.0 Å². The minimum atomic E-state index is 0.295. The van der Waals surface area contributed by atoms with E-state index in [0.717, 1.165) is 6.54 Å². The Morgan fingerprint density at radius 1 is 1.46 bits per heavy atom. The largest absolute Gasteiger partial charge is 0.330 e. The number of rotatable bonds is 6. The summed E-state index contributed by atoms with van der Waals surface area (Å²) >= 11 is 0. The molecular weight excluding hydrogens is 158 g/mol. The minimum Gasteiger partial charge on any atom is -0.330 e. The van der Waals surface area contributed by atoms with Crippen LogP contribution in [-0.2, 0) is 0 Å². The molecule has 0 aromatic carbocycles. The van der Waals surface area contributed by atoms with E-state index in [9.17, 15) is 0 Å². The molecule has 13 heavy (non-hydrogen) atoms. The molecule has 0 aliphatic rings. The van der Waals surface area contributed by atoms with Crippen molar-refractivity contribution in [2.75, 3.05) is 6.54 Å². The zero-order chi connectivity index (χ0) is 10.5. The first kappa shape index (κ1) is 12.7. The fourth-order valence-corrected chi connectivity index (χ4v) is 1.47. The Morgan fingerprint density at radius 2 is 2.00 bits per heavy atom. The summed E-state index contributed by atoms with van der Waals surface area (Å²) in [5.41, 5.74) is 7.30. The molecule has 0 fully saturated rings. The van der Waals surface area contributed by atoms with Crippen LogP contribution in [0, 0.1) is 11.3 Å². The average molecular weight is 183 g/mol. The predicted octanol–water partition coefficient (Wildman–Crippen LogP) is 3.35. The van der Waals surface area contributed by atoms with Gasteiger partial charge in [-0.25, -0.2) is 0 Å². The maximum absolute atomic E-state index is 5.69. The molecule has 0 aromatic rings. The quantitative estimate of drug-likeness (QED) is 0.628. The van der Waals surface area contributed by atoms with Gasteiger partial charge < -0.3 is 5.73 Å². The number of hydrogen-bond donors (Lipinski definition) is 1. The summed E-state index contributed by atoms with van der Waals surface area (Å²) in [6.45, 7) is 13.6. The standard InChI is InChI=1S/C12H25N/c1-6-11(10(2)3)7-8-12(4,5)9-13/h11H,2,6-9,13H2,1,3-5H3/t11-/m1/s1. The third-order valence-corrected chi connectivity index (χ3v) is 2.91. The molecule has 0 unspecified atom stereocenters. The molecule has 0 spiro atoms. The fourth-order valence-electron chi connectivity index (χ4n) is 1.47. The Morgan fingerprint density at radius 3 is 2.31 bits per heavy atom. The van der Waals surface area contributed by atoms with Gasteiger partial charge in [0.2, 0.25) is 0 Å². The van der Waals surface area contributed by atoms with Crippen molar-refractivity contribution in [3.05, 3.63) is 12.2 Å². The van der Waals surface area contributed by atoms with E-state index in [4.69, 9.17) is 5.73 Å². The van der Waals surface area contributed by atoms with Gasteiger partial charge in [0.25, 0.3) is 0 Å². The summed E-state index contributed by atoms with van der Waals surface area (Å²) in [6, 6.07) is 0. The van der Waals surface area contributed by atoms with E-state index in [1.807, 2.05) is 0 Å². The van der Waals surface area contributed by atoms with Crippen LogP contribution in [0.3, 0.4) is 0 Å². The highest BCUT2D eigenvalue weighted by Crippen LogP contribution is 2.27. The van der Waals surface area contributed by atoms with Gasteiger partial charge in [-0.15, -0.1) is 0 Å². The van der Waals surface area contributed by atoms with Crippen LogP contribution in [0.1, 0.15) is 47.0 Å². The van der Waals surface area contributed by atoms with Crippen LogP contribution in [0.5, 0.6) is 0 Å². The zero-order valence-corrected chi connectivity index (χ0v) is 9.69. The summed E-state index contributed by atoms with van der Waals surface area (Å²) < 4.78 is 0. The lowest BCUT2D eigenvalue weighted by atomic mass is 9.82. The van der Waals surface area contributed by atoms with Crippen LogP contribution < -0.4 is 5.73 Å². The first-order chi connectivity index (χ1) is 5.93. The maximum atomic E-state index is 5.69. The van der Waals surface area contributed by atoms with Crippen molar-refractivity contribution in [3.8, 4) is 0 Å². The molecule has 78 valence electrons. The zero-order valence-electron chi connectivity index (χ0n) is 9.69. The summed E-state index contributed by atoms with van der Waals surface area (Å²) in [5, 5.41) is 0. The number of allylic oxidation sites excluding steroid dienone is 1. The molecule has 0 aromatic heterocycles. The molecule has 1 atom stereocenters. The second-order valence-corrected chi connectivity index (χ2v) is 4.86. The third kappa shape index (κ3) is 5.09. The van der Waals surface area contributed by atoms with Crippen LogP contribution >= 0.6 is 0 Å². The predicted molar refractivity (Wildman–Crippen MR) is 60.7 cm³/mol. The van der Waals surface area contributed by atoms with Crippen LogP contribution in [0.25, 0.3) is 0 Å². The first-order valence-corrected chi connectivity index (χ1v) is 5.28. The summed E-state index contributed by atoms with van der Waals surface area (Å²) in [4.78, 5) is 0. The summed E-state index contributed by atoms with van der Waals surface area (Å²) in [5.74, 6) is 0.686. The smallest absolute Gasteiger partial charge is 0.00258 e. The van der Waals surface area contributed by atoms with Gasteiger partial charge in [0.15, 0.2) is 0 Å². The number of nitrogens with two attached hydrogens (primary N) is 1. The molecule has 0 radical (unpaired) electrons. The van der Waals surface area contributed by atoms with E-state index in [1.54, 1.807) is 0 Å². The summed E-state index contributed by atoms with van der Waals surface area (Å²) in [7, 11) is 0. The normalized spacial score (nSPS) is 14.2. The van der Waals surface area contributed by atoms with Crippen LogP contribution in [-0.4, -0.2) is 6.54 Å². The second-order valence-electron chi connectivity index (χ2n) is 4.86. The highest BCUT2D eigenvalue weighted by atomic mass is 14.6. The molecule has 1 heteroatoms. The van der Waals surface area contributed by atoms with Crippen LogP contribution in [0.4, 0.5) is 0 Å². The van der Waals surface area contributed by atoms with E-state index in [1.165, 1.54) is 24.8 Å². The lowest BCUT2D eigenvalue weighted by Gasteiger charge is -2.25. The van der Waals surface area contributed by atoms with E-state index in [2.05, 4.69) is 34.3 Å². The van der Waals surface area contributed by atoms with E-state index >= 15 is 0 Å². The molecule has 0 aliphatic heterocycles. The van der Waals surface area contributed by atoms with Crippen LogP contribution in [0.15, 0.2) is 12.2 Å². The Balaban J connectivity index is 3.92. The molecule has 0 amide bonds. The number of hydrogen-bond acceptors (Lipinski definition) is 1. The molecular formula is C12H25N. The van der Waals surface area contributed by atoms with Crippen molar-refractivity contribution < 1.29 is 0 Å². The van der Waals surface area contributed by atoms with Crippen molar-refractivity contribution in [1.29, 1.82) is 0 Å². The molecule has 0 aliphatic carbocycles. The lowest BCUT2D eigenvalue weighted by molar-refractivity contribution is 0.311. The molecule has 0 bridgehead atoms. The molecule has 2 N–H and O–H groups in total. The van der Waals surface area contributed by atoms with Gasteiger partial charge in [-0.1, -0.05) is 32.9 Å². The minimum absolute atomic E-state index is 0.295. The van der Waals surface area contributed by atoms with Gasteiger partial charge in [0.1, 0.15) is 0 Å². The molecule has 1 nitrogen and oxygen atoms in total. The Labute approximate surface area is 83.4 Å². The van der Waals surface area contributed by atoms with Crippen LogP contribution in [0.2, 0.25) is 0 Å². The van der Waals surface area contributed by atoms with Gasteiger partial charge in [-0.05, 0) is 44.1 Å². The highest BCUT2D eigenvalue weighted by Gasteiger charge is 2.17. The molecule has 0 rings (SSSR count). The van der Waals surface area contributed by atoms with Gasteiger partial charge in [0, 0.05) is 0 Å². The monoisotopic (exact) mass is 183 g/mol. The van der Waals surface area contributed by atoms with Gasteiger partial charge >= 0.3 is 0 Å². The van der Waals surface area contributed by atoms with Crippen molar-refractivity contribution >= 4 is 0 Å². The topological polar surface area (TPSA) is 26.0 Å². The molecule has 0 saturated carbocycles. The van der Waals surface area contributed by atoms with E-state index in [0.29, 0.717) is 11.3 Å². The SMILES string of the molecule is C=C(C)[C@H](CC)CCC(C)(C)CN. The maximum Gasteiger partial charge on any atom is -0.00258 e. The van der Waals surface area contributed by atoms with Crippen molar-refractivity contribution in [2.24, 2.45) is 17.1 Å². The Hall–Kier alpha value is -0.300. The van der Waals surface area contributed by atoms with Gasteiger partial charge in [0.05, 0.1) is 0 Å².